The topological polar surface area (TPSA) is 92.5 Å². The smallest absolute Gasteiger partial charge is 0.249 e. The fourth-order valence-electron chi connectivity index (χ4n) is 3.21. The average Bonchev–Trinajstić information content (AvgIpc) is 2.97. The summed E-state index contributed by atoms with van der Waals surface area (Å²) in [6.07, 6.45) is 1.86. The van der Waals surface area contributed by atoms with Gasteiger partial charge in [0.1, 0.15) is 16.6 Å². The minimum absolute atomic E-state index is 0.0248. The van der Waals surface area contributed by atoms with Crippen LogP contribution >= 0.6 is 23.2 Å². The number of nitrogens with one attached hydrogen (secondary N) is 1. The van der Waals surface area contributed by atoms with E-state index < -0.39 is 22.0 Å². The maximum atomic E-state index is 13.2. The molecule has 1 aliphatic rings. The van der Waals surface area contributed by atoms with E-state index in [1.54, 1.807) is 26.0 Å². The van der Waals surface area contributed by atoms with Crippen LogP contribution in [0.15, 0.2) is 27.6 Å². The first-order chi connectivity index (χ1) is 12.7. The summed E-state index contributed by atoms with van der Waals surface area (Å²) in [4.78, 5) is 12.9. The van der Waals surface area contributed by atoms with Gasteiger partial charge in [-0.1, -0.05) is 34.8 Å². The van der Waals surface area contributed by atoms with Gasteiger partial charge < -0.3 is 9.84 Å². The van der Waals surface area contributed by atoms with E-state index in [4.69, 9.17) is 27.7 Å². The predicted octanol–water partition coefficient (Wildman–Crippen LogP) is 3.78. The van der Waals surface area contributed by atoms with Crippen molar-refractivity contribution in [3.05, 3.63) is 39.7 Å². The highest BCUT2D eigenvalue weighted by atomic mass is 35.5. The maximum absolute atomic E-state index is 13.2. The van der Waals surface area contributed by atoms with Crippen molar-refractivity contribution in [3.8, 4) is 0 Å². The van der Waals surface area contributed by atoms with Crippen LogP contribution in [0.2, 0.25) is 10.0 Å². The fraction of sp³-hybridized carbons (Fsp3) is 0.412. The lowest BCUT2D eigenvalue weighted by molar-refractivity contribution is -0.120. The summed E-state index contributed by atoms with van der Waals surface area (Å²) in [5.74, 6) is -0.204. The zero-order chi connectivity index (χ0) is 19.8. The summed E-state index contributed by atoms with van der Waals surface area (Å²) in [5.41, 5.74) is 0.733. The van der Waals surface area contributed by atoms with Crippen LogP contribution in [0.1, 0.15) is 30.7 Å². The van der Waals surface area contributed by atoms with Crippen LogP contribution in [0.5, 0.6) is 0 Å². The highest BCUT2D eigenvalue weighted by Gasteiger charge is 2.40. The van der Waals surface area contributed by atoms with Gasteiger partial charge in [0.2, 0.25) is 15.9 Å². The van der Waals surface area contributed by atoms with E-state index in [1.807, 2.05) is 0 Å². The van der Waals surface area contributed by atoms with Crippen LogP contribution in [-0.4, -0.2) is 36.4 Å². The first-order valence-corrected chi connectivity index (χ1v) is 10.6. The molecular weight excluding hydrogens is 413 g/mol. The Labute approximate surface area is 167 Å². The molecule has 0 bridgehead atoms. The molecule has 1 fully saturated rings. The number of carbonyl (C=O) groups is 1. The summed E-state index contributed by atoms with van der Waals surface area (Å²) in [6.45, 7) is 3.37. The average molecular weight is 432 g/mol. The molecule has 1 aliphatic heterocycles. The molecule has 1 saturated heterocycles. The second kappa shape index (κ2) is 7.79. The summed E-state index contributed by atoms with van der Waals surface area (Å²) in [6, 6.07) is 3.88. The Bertz CT molecular complexity index is 955. The SMILES string of the molecule is Cc1noc(C)c1S(=O)(=O)N1CCCCC1C(=O)Nc1ccc(Cl)c(Cl)c1. The second-order valence-corrected chi connectivity index (χ2v) is 9.04. The number of rotatable bonds is 4. The van der Waals surface area contributed by atoms with E-state index >= 15 is 0 Å². The molecule has 146 valence electrons. The number of aryl methyl sites for hydroxylation is 2. The largest absolute Gasteiger partial charge is 0.360 e. The quantitative estimate of drug-likeness (QED) is 0.794. The Morgan fingerprint density at radius 1 is 1.26 bits per heavy atom. The van der Waals surface area contributed by atoms with E-state index in [0.29, 0.717) is 28.6 Å². The molecule has 0 radical (unpaired) electrons. The number of amides is 1. The number of hydrogen-bond donors (Lipinski definition) is 1. The third kappa shape index (κ3) is 3.99. The molecule has 10 heteroatoms. The van der Waals surface area contributed by atoms with Gasteiger partial charge in [0.15, 0.2) is 5.76 Å². The van der Waals surface area contributed by atoms with E-state index in [9.17, 15) is 13.2 Å². The third-order valence-electron chi connectivity index (χ3n) is 4.48. The number of benzene rings is 1. The van der Waals surface area contributed by atoms with Crippen molar-refractivity contribution in [1.82, 2.24) is 9.46 Å². The molecule has 7 nitrogen and oxygen atoms in total. The number of aromatic nitrogens is 1. The monoisotopic (exact) mass is 431 g/mol. The Morgan fingerprint density at radius 2 is 2.00 bits per heavy atom. The van der Waals surface area contributed by atoms with Gasteiger partial charge >= 0.3 is 0 Å². The molecule has 0 spiro atoms. The molecule has 1 amide bonds. The van der Waals surface area contributed by atoms with Gasteiger partial charge in [0.25, 0.3) is 0 Å². The summed E-state index contributed by atoms with van der Waals surface area (Å²) in [7, 11) is -3.91. The molecule has 1 N–H and O–H groups in total. The van der Waals surface area contributed by atoms with Crippen LogP contribution in [0.4, 0.5) is 5.69 Å². The number of sulfonamides is 1. The lowest BCUT2D eigenvalue weighted by Crippen LogP contribution is -2.50. The first kappa shape index (κ1) is 20.1. The molecule has 1 unspecified atom stereocenters. The zero-order valence-corrected chi connectivity index (χ0v) is 17.2. The summed E-state index contributed by atoms with van der Waals surface area (Å²) in [5, 5.41) is 7.13. The Morgan fingerprint density at radius 3 is 2.63 bits per heavy atom. The van der Waals surface area contributed by atoms with Crippen LogP contribution in [0, 0.1) is 13.8 Å². The summed E-state index contributed by atoms with van der Waals surface area (Å²) < 4.78 is 32.6. The van der Waals surface area contributed by atoms with Gasteiger partial charge in [-0.2, -0.15) is 4.31 Å². The van der Waals surface area contributed by atoms with E-state index in [2.05, 4.69) is 10.5 Å². The number of piperidine rings is 1. The molecule has 0 saturated carbocycles. The summed E-state index contributed by atoms with van der Waals surface area (Å²) >= 11 is 11.9. The van der Waals surface area contributed by atoms with E-state index in [-0.39, 0.29) is 22.9 Å². The Hall–Kier alpha value is -1.61. The van der Waals surface area contributed by atoms with Crippen LogP contribution < -0.4 is 5.32 Å². The van der Waals surface area contributed by atoms with Gasteiger partial charge in [-0.05, 0) is 44.9 Å². The molecule has 27 heavy (non-hydrogen) atoms. The van der Waals surface area contributed by atoms with Crippen molar-refractivity contribution in [2.75, 3.05) is 11.9 Å². The van der Waals surface area contributed by atoms with Crippen molar-refractivity contribution < 1.29 is 17.7 Å². The number of nitrogens with zero attached hydrogens (tertiary/aromatic N) is 2. The standard InChI is InChI=1S/C17H19Cl2N3O4S/c1-10-16(11(2)26-21-10)27(24,25)22-8-4-3-5-15(22)17(23)20-12-6-7-13(18)14(19)9-12/h6-7,9,15H,3-5,8H2,1-2H3,(H,20,23). The van der Waals surface area contributed by atoms with E-state index in [0.717, 1.165) is 6.42 Å². The number of halogens is 2. The first-order valence-electron chi connectivity index (χ1n) is 8.42. The molecule has 1 aromatic heterocycles. The van der Waals surface area contributed by atoms with Crippen LogP contribution in [0.3, 0.4) is 0 Å². The lowest BCUT2D eigenvalue weighted by atomic mass is 10.0. The molecule has 0 aliphatic carbocycles. The maximum Gasteiger partial charge on any atom is 0.249 e. The van der Waals surface area contributed by atoms with E-state index in [1.165, 1.54) is 10.4 Å². The highest BCUT2D eigenvalue weighted by Crippen LogP contribution is 2.30. The second-order valence-electron chi connectivity index (χ2n) is 6.40. The van der Waals surface area contributed by atoms with Gasteiger partial charge in [0.05, 0.1) is 10.0 Å². The van der Waals surface area contributed by atoms with Crippen molar-refractivity contribution in [3.63, 3.8) is 0 Å². The Balaban J connectivity index is 1.89. The molecule has 3 rings (SSSR count). The number of anilines is 1. The number of hydrogen-bond acceptors (Lipinski definition) is 5. The lowest BCUT2D eigenvalue weighted by Gasteiger charge is -2.33. The van der Waals surface area contributed by atoms with Gasteiger partial charge in [-0.15, -0.1) is 0 Å². The van der Waals surface area contributed by atoms with Crippen LogP contribution in [-0.2, 0) is 14.8 Å². The fourth-order valence-corrected chi connectivity index (χ4v) is 5.46. The van der Waals surface area contributed by atoms with Gasteiger partial charge in [-0.3, -0.25) is 4.79 Å². The normalized spacial score (nSPS) is 18.4. The van der Waals surface area contributed by atoms with Gasteiger partial charge in [-0.25, -0.2) is 8.42 Å². The molecule has 1 atom stereocenters. The van der Waals surface area contributed by atoms with Crippen molar-refractivity contribution in [1.29, 1.82) is 0 Å². The molecular formula is C17H19Cl2N3O4S. The third-order valence-corrected chi connectivity index (χ3v) is 7.37. The minimum atomic E-state index is -3.91. The van der Waals surface area contributed by atoms with Gasteiger partial charge in [0, 0.05) is 12.2 Å². The predicted molar refractivity (Wildman–Crippen MR) is 103 cm³/mol. The number of carbonyl (C=O) groups excluding carboxylic acids is 1. The van der Waals surface area contributed by atoms with Crippen molar-refractivity contribution >= 4 is 44.8 Å². The Kier molecular flexibility index (Phi) is 5.81. The minimum Gasteiger partial charge on any atom is -0.360 e. The van der Waals surface area contributed by atoms with Crippen LogP contribution in [0.25, 0.3) is 0 Å². The van der Waals surface area contributed by atoms with Crippen molar-refractivity contribution in [2.24, 2.45) is 0 Å². The molecule has 2 aromatic rings. The molecule has 2 heterocycles. The molecule has 1 aromatic carbocycles. The zero-order valence-electron chi connectivity index (χ0n) is 14.8. The highest BCUT2D eigenvalue weighted by molar-refractivity contribution is 7.89. The van der Waals surface area contributed by atoms with Crippen molar-refractivity contribution in [2.45, 2.75) is 44.0 Å².